The molecule has 1 unspecified atom stereocenters. The third-order valence-corrected chi connectivity index (χ3v) is 5.44. The Hall–Kier alpha value is -3.28. The predicted octanol–water partition coefficient (Wildman–Crippen LogP) is 5.07. The molecule has 1 aliphatic heterocycles. The quantitative estimate of drug-likeness (QED) is 0.439. The smallest absolute Gasteiger partial charge is 0.338 e. The van der Waals surface area contributed by atoms with Crippen LogP contribution in [-0.2, 0) is 9.53 Å². The number of carbonyl (C=O) groups is 1. The molecule has 6 nitrogen and oxygen atoms in total. The Kier molecular flexibility index (Phi) is 5.74. The molecule has 1 aliphatic rings. The molecule has 0 saturated carbocycles. The van der Waals surface area contributed by atoms with Gasteiger partial charge >= 0.3 is 5.97 Å². The molecule has 3 aromatic rings. The van der Waals surface area contributed by atoms with E-state index < -0.39 is 0 Å². The molecule has 2 aromatic carbocycles. The van der Waals surface area contributed by atoms with Gasteiger partial charge in [-0.2, -0.15) is 0 Å². The second-order valence-corrected chi connectivity index (χ2v) is 7.48. The Morgan fingerprint density at radius 3 is 2.80 bits per heavy atom. The van der Waals surface area contributed by atoms with Crippen molar-refractivity contribution in [2.75, 3.05) is 19.0 Å². The number of benzene rings is 2. The van der Waals surface area contributed by atoms with Crippen molar-refractivity contribution in [3.63, 3.8) is 0 Å². The van der Waals surface area contributed by atoms with Crippen LogP contribution in [0.3, 0.4) is 0 Å². The number of imidazole rings is 1. The van der Waals surface area contributed by atoms with Gasteiger partial charge in [0.15, 0.2) is 0 Å². The Morgan fingerprint density at radius 1 is 1.17 bits per heavy atom. The number of para-hydroxylation sites is 2. The third-order valence-electron chi connectivity index (χ3n) is 5.44. The lowest BCUT2D eigenvalue weighted by Crippen LogP contribution is -2.29. The summed E-state index contributed by atoms with van der Waals surface area (Å²) >= 11 is 0. The van der Waals surface area contributed by atoms with Gasteiger partial charge in [-0.3, -0.25) is 4.57 Å². The highest BCUT2D eigenvalue weighted by Crippen LogP contribution is 2.40. The van der Waals surface area contributed by atoms with Gasteiger partial charge in [0, 0.05) is 5.70 Å². The lowest BCUT2D eigenvalue weighted by molar-refractivity contribution is -0.139. The number of anilines is 1. The van der Waals surface area contributed by atoms with E-state index in [1.54, 1.807) is 7.11 Å². The zero-order valence-electron chi connectivity index (χ0n) is 17.6. The first-order chi connectivity index (χ1) is 14.6. The third kappa shape index (κ3) is 3.65. The Labute approximate surface area is 176 Å². The van der Waals surface area contributed by atoms with Crippen LogP contribution in [-0.4, -0.2) is 29.2 Å². The number of nitrogens with one attached hydrogen (secondary N) is 1. The zero-order valence-corrected chi connectivity index (χ0v) is 17.6. The summed E-state index contributed by atoms with van der Waals surface area (Å²) in [5, 5.41) is 3.31. The molecule has 1 N–H and O–H groups in total. The molecule has 1 atom stereocenters. The highest BCUT2D eigenvalue weighted by atomic mass is 16.5. The normalized spacial score (nSPS) is 15.6. The monoisotopic (exact) mass is 405 g/mol. The summed E-state index contributed by atoms with van der Waals surface area (Å²) in [5.41, 5.74) is 4.12. The number of hydrogen-bond acceptors (Lipinski definition) is 5. The lowest BCUT2D eigenvalue weighted by atomic mass is 9.95. The molecule has 0 spiro atoms. The number of fused-ring (bicyclic) bond motifs is 3. The summed E-state index contributed by atoms with van der Waals surface area (Å²) in [6.07, 6.45) is 2.99. The van der Waals surface area contributed by atoms with Crippen LogP contribution in [0.5, 0.6) is 5.75 Å². The second kappa shape index (κ2) is 8.61. The minimum absolute atomic E-state index is 0.299. The lowest BCUT2D eigenvalue weighted by Gasteiger charge is -2.30. The van der Waals surface area contributed by atoms with Gasteiger partial charge in [0.05, 0.1) is 36.4 Å². The van der Waals surface area contributed by atoms with E-state index in [4.69, 9.17) is 14.5 Å². The van der Waals surface area contributed by atoms with E-state index in [0.29, 0.717) is 18.1 Å². The first-order valence-electron chi connectivity index (χ1n) is 10.4. The average Bonchev–Trinajstić information content (AvgIpc) is 3.13. The molecular formula is C24H27N3O3. The molecule has 0 saturated heterocycles. The summed E-state index contributed by atoms with van der Waals surface area (Å²) in [4.78, 5) is 17.9. The van der Waals surface area contributed by atoms with Gasteiger partial charge in [-0.15, -0.1) is 0 Å². The number of hydrogen-bond donors (Lipinski definition) is 1. The Bertz CT molecular complexity index is 1100. The Balaban J connectivity index is 1.82. The van der Waals surface area contributed by atoms with Gasteiger partial charge in [-0.25, -0.2) is 9.78 Å². The van der Waals surface area contributed by atoms with E-state index in [2.05, 4.69) is 16.8 Å². The van der Waals surface area contributed by atoms with Crippen LogP contribution in [0.15, 0.2) is 59.8 Å². The van der Waals surface area contributed by atoms with E-state index >= 15 is 0 Å². The predicted molar refractivity (Wildman–Crippen MR) is 118 cm³/mol. The van der Waals surface area contributed by atoms with E-state index in [9.17, 15) is 4.79 Å². The molecule has 0 bridgehead atoms. The van der Waals surface area contributed by atoms with Crippen molar-refractivity contribution in [2.45, 2.75) is 39.2 Å². The van der Waals surface area contributed by atoms with Gasteiger partial charge in [0.1, 0.15) is 5.75 Å². The first kappa shape index (κ1) is 20.0. The maximum Gasteiger partial charge on any atom is 0.338 e. The number of carbonyl (C=O) groups excluding carboxylic acids is 1. The highest BCUT2D eigenvalue weighted by Gasteiger charge is 2.35. The zero-order chi connectivity index (χ0) is 21.1. The number of ether oxygens (including phenoxy) is 2. The van der Waals surface area contributed by atoms with Crippen LogP contribution in [0.25, 0.3) is 11.0 Å². The number of aromatic nitrogens is 2. The number of methoxy groups -OCH3 is 1. The second-order valence-electron chi connectivity index (χ2n) is 7.48. The summed E-state index contributed by atoms with van der Waals surface area (Å²) in [6.45, 7) is 4.45. The molecule has 1 aromatic heterocycles. The number of esters is 1. The first-order valence-corrected chi connectivity index (χ1v) is 10.4. The van der Waals surface area contributed by atoms with E-state index in [-0.39, 0.29) is 12.0 Å². The summed E-state index contributed by atoms with van der Waals surface area (Å²) < 4.78 is 13.2. The molecule has 4 rings (SSSR count). The van der Waals surface area contributed by atoms with Crippen molar-refractivity contribution in [3.05, 3.63) is 65.4 Å². The van der Waals surface area contributed by atoms with Crippen molar-refractivity contribution < 1.29 is 14.3 Å². The maximum atomic E-state index is 13.2. The van der Waals surface area contributed by atoms with Crippen LogP contribution in [0.1, 0.15) is 44.7 Å². The molecular weight excluding hydrogens is 378 g/mol. The molecule has 0 amide bonds. The van der Waals surface area contributed by atoms with Crippen LogP contribution in [0.2, 0.25) is 0 Å². The van der Waals surface area contributed by atoms with Gasteiger partial charge in [-0.05, 0) is 43.2 Å². The molecule has 0 fully saturated rings. The largest absolute Gasteiger partial charge is 0.497 e. The number of rotatable bonds is 7. The average molecular weight is 405 g/mol. The topological polar surface area (TPSA) is 65.4 Å². The molecule has 30 heavy (non-hydrogen) atoms. The molecule has 0 aliphatic carbocycles. The fourth-order valence-electron chi connectivity index (χ4n) is 3.95. The highest BCUT2D eigenvalue weighted by molar-refractivity contribution is 5.94. The van der Waals surface area contributed by atoms with Crippen molar-refractivity contribution >= 4 is 23.0 Å². The van der Waals surface area contributed by atoms with Gasteiger partial charge in [0.25, 0.3) is 0 Å². The van der Waals surface area contributed by atoms with E-state index in [0.717, 1.165) is 47.3 Å². The van der Waals surface area contributed by atoms with Crippen LogP contribution in [0.4, 0.5) is 5.95 Å². The van der Waals surface area contributed by atoms with Crippen LogP contribution < -0.4 is 10.1 Å². The van der Waals surface area contributed by atoms with E-state index in [1.807, 2.05) is 55.5 Å². The molecule has 0 radical (unpaired) electrons. The van der Waals surface area contributed by atoms with Crippen molar-refractivity contribution in [3.8, 4) is 5.75 Å². The minimum Gasteiger partial charge on any atom is -0.497 e. The standard InChI is InChI=1S/C24H27N3O3/c1-4-5-8-14-30-23(28)21-16(2)25-24-26-19-12-6-7-13-20(19)27(24)22(21)17-10-9-11-18(15-17)29-3/h6-7,9-13,15,22H,4-5,8,14H2,1-3H3,(H,25,26). The van der Waals surface area contributed by atoms with Crippen molar-refractivity contribution in [2.24, 2.45) is 0 Å². The SMILES string of the molecule is CCCCCOC(=O)C1=C(C)Nc2nc3ccccc3n2C1c1cccc(OC)c1. The summed E-state index contributed by atoms with van der Waals surface area (Å²) in [5.74, 6) is 1.15. The van der Waals surface area contributed by atoms with Gasteiger partial charge in [0.2, 0.25) is 5.95 Å². The maximum absolute atomic E-state index is 13.2. The number of nitrogens with zero attached hydrogens (tertiary/aromatic N) is 2. The minimum atomic E-state index is -0.359. The van der Waals surface area contributed by atoms with Gasteiger partial charge in [-0.1, -0.05) is 44.0 Å². The Morgan fingerprint density at radius 2 is 2.00 bits per heavy atom. The summed E-state index contributed by atoms with van der Waals surface area (Å²) in [6, 6.07) is 15.4. The van der Waals surface area contributed by atoms with Crippen LogP contribution >= 0.6 is 0 Å². The fourth-order valence-corrected chi connectivity index (χ4v) is 3.95. The van der Waals surface area contributed by atoms with Gasteiger partial charge < -0.3 is 14.8 Å². The molecule has 6 heteroatoms. The fraction of sp³-hybridized carbons (Fsp3) is 0.333. The van der Waals surface area contributed by atoms with Crippen molar-refractivity contribution in [1.82, 2.24) is 9.55 Å². The van der Waals surface area contributed by atoms with Crippen molar-refractivity contribution in [1.29, 1.82) is 0 Å². The number of allylic oxidation sites excluding steroid dienone is 1. The van der Waals surface area contributed by atoms with E-state index in [1.165, 1.54) is 0 Å². The van der Waals surface area contributed by atoms with Crippen LogP contribution in [0, 0.1) is 0 Å². The molecule has 156 valence electrons. The molecule has 2 heterocycles. The summed E-state index contributed by atoms with van der Waals surface area (Å²) in [7, 11) is 1.64. The number of unbranched alkanes of at least 4 members (excludes halogenated alkanes) is 2.